The third-order valence-electron chi connectivity index (χ3n) is 3.09. The Morgan fingerprint density at radius 3 is 3.25 bits per heavy atom. The molecule has 8 heteroatoms. The van der Waals surface area contributed by atoms with Gasteiger partial charge in [-0.25, -0.2) is 4.98 Å². The molecule has 1 atom stereocenters. The van der Waals surface area contributed by atoms with Crippen LogP contribution in [-0.4, -0.2) is 32.1 Å². The van der Waals surface area contributed by atoms with E-state index in [0.717, 1.165) is 12.0 Å². The second-order valence-electron chi connectivity index (χ2n) is 4.68. The summed E-state index contributed by atoms with van der Waals surface area (Å²) in [5.74, 6) is -0.00379. The number of aromatic amines is 1. The van der Waals surface area contributed by atoms with E-state index >= 15 is 0 Å². The molecule has 2 aromatic heterocycles. The Morgan fingerprint density at radius 1 is 1.70 bits per heavy atom. The van der Waals surface area contributed by atoms with Crippen molar-refractivity contribution in [3.8, 4) is 0 Å². The molecule has 0 aromatic carbocycles. The van der Waals surface area contributed by atoms with Crippen LogP contribution in [0.4, 0.5) is 5.95 Å². The standard InChI is InChI=1S/C12H13N5O3/c1-6(18)20-4-8-2-7(8)3-17-5-14-9-10(17)15-12(13)16-11(9)19/h3,5,8H,2,4H2,1H3,(H3,13,15,16,19)/b7-3-. The SMILES string of the molecule is CC(=O)OCC1C/C1=C/n1cnc2c(=O)[nH]c(N)nc21. The maximum Gasteiger partial charge on any atom is 0.302 e. The summed E-state index contributed by atoms with van der Waals surface area (Å²) in [4.78, 5) is 32.8. The number of rotatable bonds is 3. The van der Waals surface area contributed by atoms with Crippen molar-refractivity contribution in [1.82, 2.24) is 19.5 Å². The molecule has 3 rings (SSSR count). The van der Waals surface area contributed by atoms with Crippen molar-refractivity contribution in [2.75, 3.05) is 12.3 Å². The molecule has 0 saturated heterocycles. The minimum Gasteiger partial charge on any atom is -0.465 e. The highest BCUT2D eigenvalue weighted by Gasteiger charge is 2.31. The first-order valence-corrected chi connectivity index (χ1v) is 6.11. The summed E-state index contributed by atoms with van der Waals surface area (Å²) in [5.41, 5.74) is 6.93. The largest absolute Gasteiger partial charge is 0.465 e. The lowest BCUT2D eigenvalue weighted by Gasteiger charge is -1.98. The van der Waals surface area contributed by atoms with Gasteiger partial charge >= 0.3 is 5.97 Å². The van der Waals surface area contributed by atoms with Gasteiger partial charge < -0.3 is 10.5 Å². The molecule has 1 unspecified atom stereocenters. The van der Waals surface area contributed by atoms with E-state index in [4.69, 9.17) is 10.5 Å². The number of nitrogens with one attached hydrogen (secondary N) is 1. The second kappa shape index (κ2) is 4.48. The minimum atomic E-state index is -0.364. The number of fused-ring (bicyclic) bond motifs is 1. The lowest BCUT2D eigenvalue weighted by Crippen LogP contribution is -2.11. The molecule has 0 amide bonds. The highest BCUT2D eigenvalue weighted by Crippen LogP contribution is 2.38. The number of nitrogens with zero attached hydrogens (tertiary/aromatic N) is 3. The summed E-state index contributed by atoms with van der Waals surface area (Å²) >= 11 is 0. The van der Waals surface area contributed by atoms with E-state index in [1.165, 1.54) is 13.3 Å². The predicted octanol–water partition coefficient (Wildman–Crippen LogP) is 0.126. The molecule has 1 fully saturated rings. The topological polar surface area (TPSA) is 116 Å². The van der Waals surface area contributed by atoms with Gasteiger partial charge in [-0.2, -0.15) is 4.98 Å². The number of carbonyl (C=O) groups excluding carboxylic acids is 1. The van der Waals surface area contributed by atoms with E-state index in [1.807, 2.05) is 6.20 Å². The zero-order valence-electron chi connectivity index (χ0n) is 10.8. The summed E-state index contributed by atoms with van der Waals surface area (Å²) in [6.07, 6.45) is 4.21. The van der Waals surface area contributed by atoms with Gasteiger partial charge in [-0.15, -0.1) is 0 Å². The number of aromatic nitrogens is 4. The first kappa shape index (κ1) is 12.4. The average Bonchev–Trinajstić information content (AvgIpc) is 2.99. The van der Waals surface area contributed by atoms with E-state index in [9.17, 15) is 9.59 Å². The van der Waals surface area contributed by atoms with Gasteiger partial charge in [-0.1, -0.05) is 0 Å². The molecular weight excluding hydrogens is 262 g/mol. The molecular formula is C12H13N5O3. The Balaban J connectivity index is 1.86. The fraction of sp³-hybridized carbons (Fsp3) is 0.333. The van der Waals surface area contributed by atoms with E-state index in [0.29, 0.717) is 12.3 Å². The summed E-state index contributed by atoms with van der Waals surface area (Å²) in [6.45, 7) is 1.76. The van der Waals surface area contributed by atoms with Gasteiger partial charge in [0.25, 0.3) is 5.56 Å². The first-order chi connectivity index (χ1) is 9.54. The number of anilines is 1. The lowest BCUT2D eigenvalue weighted by atomic mass is 10.4. The Morgan fingerprint density at radius 2 is 2.50 bits per heavy atom. The van der Waals surface area contributed by atoms with Crippen LogP contribution >= 0.6 is 0 Å². The monoisotopic (exact) mass is 275 g/mol. The Labute approximate surface area is 113 Å². The third-order valence-corrected chi connectivity index (χ3v) is 3.09. The van der Waals surface area contributed by atoms with Crippen molar-refractivity contribution >= 4 is 29.3 Å². The molecule has 0 radical (unpaired) electrons. The third kappa shape index (κ3) is 2.27. The summed E-state index contributed by atoms with van der Waals surface area (Å²) in [5, 5.41) is 0. The number of H-pyrrole nitrogens is 1. The number of ether oxygens (including phenoxy) is 1. The molecule has 0 spiro atoms. The van der Waals surface area contributed by atoms with Crippen LogP contribution < -0.4 is 11.3 Å². The predicted molar refractivity (Wildman–Crippen MR) is 71.6 cm³/mol. The van der Waals surface area contributed by atoms with Crippen LogP contribution in [0.3, 0.4) is 0 Å². The van der Waals surface area contributed by atoms with Crippen molar-refractivity contribution in [2.45, 2.75) is 13.3 Å². The van der Waals surface area contributed by atoms with Crippen LogP contribution in [0.1, 0.15) is 13.3 Å². The number of hydrogen-bond acceptors (Lipinski definition) is 6. The van der Waals surface area contributed by atoms with Crippen molar-refractivity contribution in [2.24, 2.45) is 5.92 Å². The quantitative estimate of drug-likeness (QED) is 0.769. The summed E-state index contributed by atoms with van der Waals surface area (Å²) in [7, 11) is 0. The Kier molecular flexibility index (Phi) is 2.78. The van der Waals surface area contributed by atoms with Crippen LogP contribution in [-0.2, 0) is 9.53 Å². The summed E-state index contributed by atoms with van der Waals surface area (Å²) < 4.78 is 6.60. The van der Waals surface area contributed by atoms with E-state index in [2.05, 4.69) is 15.0 Å². The van der Waals surface area contributed by atoms with Crippen LogP contribution in [0.15, 0.2) is 16.7 Å². The normalized spacial score (nSPS) is 19.4. The molecule has 104 valence electrons. The molecule has 8 nitrogen and oxygen atoms in total. The fourth-order valence-corrected chi connectivity index (χ4v) is 1.98. The number of nitrogen functional groups attached to an aromatic ring is 1. The number of imidazole rings is 1. The van der Waals surface area contributed by atoms with Crippen molar-refractivity contribution in [1.29, 1.82) is 0 Å². The molecule has 2 heterocycles. The number of nitrogens with two attached hydrogens (primary N) is 1. The van der Waals surface area contributed by atoms with E-state index in [-0.39, 0.29) is 28.9 Å². The van der Waals surface area contributed by atoms with Gasteiger partial charge in [0.15, 0.2) is 11.2 Å². The van der Waals surface area contributed by atoms with Gasteiger partial charge in [0.1, 0.15) is 6.33 Å². The van der Waals surface area contributed by atoms with Crippen molar-refractivity contribution in [3.63, 3.8) is 0 Å². The highest BCUT2D eigenvalue weighted by atomic mass is 16.5. The molecule has 1 aliphatic rings. The molecule has 0 aliphatic heterocycles. The number of carbonyl (C=O) groups is 1. The van der Waals surface area contributed by atoms with Crippen LogP contribution in [0.25, 0.3) is 17.4 Å². The maximum absolute atomic E-state index is 11.6. The highest BCUT2D eigenvalue weighted by molar-refractivity contribution is 5.73. The Bertz CT molecular complexity index is 773. The van der Waals surface area contributed by atoms with Gasteiger partial charge in [-0.3, -0.25) is 19.1 Å². The van der Waals surface area contributed by atoms with E-state index in [1.54, 1.807) is 4.57 Å². The van der Waals surface area contributed by atoms with Crippen LogP contribution in [0.5, 0.6) is 0 Å². The van der Waals surface area contributed by atoms with Gasteiger partial charge in [0.05, 0.1) is 6.61 Å². The maximum atomic E-state index is 11.6. The minimum absolute atomic E-state index is 0.0508. The van der Waals surface area contributed by atoms with Gasteiger partial charge in [0.2, 0.25) is 5.95 Å². The summed E-state index contributed by atoms with van der Waals surface area (Å²) in [6, 6.07) is 0. The van der Waals surface area contributed by atoms with Gasteiger partial charge in [-0.05, 0) is 12.0 Å². The number of esters is 1. The van der Waals surface area contributed by atoms with Gasteiger partial charge in [0, 0.05) is 19.0 Å². The zero-order chi connectivity index (χ0) is 14.3. The average molecular weight is 275 g/mol. The fourth-order valence-electron chi connectivity index (χ4n) is 1.98. The van der Waals surface area contributed by atoms with Crippen molar-refractivity contribution in [3.05, 3.63) is 22.3 Å². The molecule has 20 heavy (non-hydrogen) atoms. The van der Waals surface area contributed by atoms with Crippen LogP contribution in [0.2, 0.25) is 0 Å². The lowest BCUT2D eigenvalue weighted by molar-refractivity contribution is -0.141. The van der Waals surface area contributed by atoms with Crippen molar-refractivity contribution < 1.29 is 9.53 Å². The zero-order valence-corrected chi connectivity index (χ0v) is 10.8. The van der Waals surface area contributed by atoms with E-state index < -0.39 is 0 Å². The molecule has 1 saturated carbocycles. The molecule has 3 N–H and O–H groups in total. The Hall–Kier alpha value is -2.64. The number of hydrogen-bond donors (Lipinski definition) is 2. The molecule has 0 bridgehead atoms. The molecule has 2 aromatic rings. The smallest absolute Gasteiger partial charge is 0.302 e. The second-order valence-corrected chi connectivity index (χ2v) is 4.68. The van der Waals surface area contributed by atoms with Crippen LogP contribution in [0, 0.1) is 5.92 Å². The first-order valence-electron chi connectivity index (χ1n) is 6.11. The molecule has 1 aliphatic carbocycles.